The summed E-state index contributed by atoms with van der Waals surface area (Å²) in [7, 11) is 0. The van der Waals surface area contributed by atoms with E-state index in [-0.39, 0.29) is 24.3 Å². The summed E-state index contributed by atoms with van der Waals surface area (Å²) in [5.74, 6) is -0.772. The number of carbonyl (C=O) groups is 1. The second kappa shape index (κ2) is 7.15. The third-order valence-electron chi connectivity index (χ3n) is 4.44. The summed E-state index contributed by atoms with van der Waals surface area (Å²) in [5.41, 5.74) is 1.32. The van der Waals surface area contributed by atoms with Gasteiger partial charge in [0.05, 0.1) is 22.8 Å². The number of nitrogens with zero attached hydrogens (tertiary/aromatic N) is 2. The summed E-state index contributed by atoms with van der Waals surface area (Å²) in [6.07, 6.45) is -0.756. The van der Waals surface area contributed by atoms with Crippen LogP contribution >= 0.6 is 0 Å². The Morgan fingerprint density at radius 1 is 1.18 bits per heavy atom. The molecule has 4 rings (SSSR count). The summed E-state index contributed by atoms with van der Waals surface area (Å²) >= 11 is 0. The van der Waals surface area contributed by atoms with Gasteiger partial charge in [0.25, 0.3) is 5.56 Å². The number of hydrogen-bond donors (Lipinski definition) is 1. The van der Waals surface area contributed by atoms with Crippen LogP contribution in [0.1, 0.15) is 25.3 Å². The van der Waals surface area contributed by atoms with Gasteiger partial charge in [-0.15, -0.1) is 0 Å². The van der Waals surface area contributed by atoms with Crippen molar-refractivity contribution in [3.05, 3.63) is 75.3 Å². The Kier molecular flexibility index (Phi) is 4.52. The molecular formula is C20H17N3O5. The van der Waals surface area contributed by atoms with Gasteiger partial charge >= 0.3 is 11.7 Å². The van der Waals surface area contributed by atoms with E-state index < -0.39 is 17.8 Å². The highest BCUT2D eigenvalue weighted by atomic mass is 16.5. The molecular weight excluding hydrogens is 362 g/mol. The Labute approximate surface area is 158 Å². The minimum Gasteiger partial charge on any atom is -0.454 e. The summed E-state index contributed by atoms with van der Waals surface area (Å²) in [6, 6.07) is 13.9. The van der Waals surface area contributed by atoms with Crippen molar-refractivity contribution in [1.82, 2.24) is 14.5 Å². The van der Waals surface area contributed by atoms with Gasteiger partial charge < -0.3 is 14.1 Å². The number of carbonyl (C=O) groups excluding carboxylic acids is 1. The number of hydrogen-bond acceptors (Lipinski definition) is 6. The summed E-state index contributed by atoms with van der Waals surface area (Å²) in [6.45, 7) is 1.76. The molecule has 0 saturated carbocycles. The van der Waals surface area contributed by atoms with Crippen molar-refractivity contribution in [2.24, 2.45) is 0 Å². The van der Waals surface area contributed by atoms with E-state index in [4.69, 9.17) is 9.15 Å². The lowest BCUT2D eigenvalue weighted by atomic mass is 10.2. The van der Waals surface area contributed by atoms with Crippen molar-refractivity contribution in [3.8, 4) is 0 Å². The molecule has 1 N–H and O–H groups in total. The monoisotopic (exact) mass is 379 g/mol. The fourth-order valence-electron chi connectivity index (χ4n) is 3.04. The second-order valence-electron chi connectivity index (χ2n) is 6.34. The zero-order chi connectivity index (χ0) is 19.7. The highest BCUT2D eigenvalue weighted by Crippen LogP contribution is 2.16. The number of fused-ring (bicyclic) bond motifs is 2. The summed E-state index contributed by atoms with van der Waals surface area (Å²) in [4.78, 5) is 43.3. The van der Waals surface area contributed by atoms with Crippen LogP contribution in [0.15, 0.2) is 62.5 Å². The van der Waals surface area contributed by atoms with Crippen LogP contribution < -0.4 is 11.3 Å². The number of esters is 1. The van der Waals surface area contributed by atoms with E-state index in [0.717, 1.165) is 0 Å². The molecule has 0 amide bonds. The van der Waals surface area contributed by atoms with Crippen LogP contribution in [-0.2, 0) is 16.1 Å². The molecule has 8 heteroatoms. The first kappa shape index (κ1) is 17.7. The van der Waals surface area contributed by atoms with Gasteiger partial charge in [0, 0.05) is 6.54 Å². The first-order valence-corrected chi connectivity index (χ1v) is 8.80. The van der Waals surface area contributed by atoms with E-state index in [9.17, 15) is 14.4 Å². The molecule has 1 atom stereocenters. The van der Waals surface area contributed by atoms with Gasteiger partial charge in [-0.25, -0.2) is 9.78 Å². The third kappa shape index (κ3) is 3.32. The lowest BCUT2D eigenvalue weighted by Gasteiger charge is -2.13. The molecule has 8 nitrogen and oxygen atoms in total. The fourth-order valence-corrected chi connectivity index (χ4v) is 3.04. The van der Waals surface area contributed by atoms with E-state index in [1.54, 1.807) is 55.5 Å². The fraction of sp³-hybridized carbons (Fsp3) is 0.200. The second-order valence-corrected chi connectivity index (χ2v) is 6.34. The summed E-state index contributed by atoms with van der Waals surface area (Å²) in [5, 5.41) is 0.469. The Bertz CT molecular complexity index is 1280. The smallest absolute Gasteiger partial charge is 0.419 e. The maximum atomic E-state index is 12.2. The van der Waals surface area contributed by atoms with Crippen molar-refractivity contribution in [1.29, 1.82) is 0 Å². The Balaban J connectivity index is 1.47. The van der Waals surface area contributed by atoms with Gasteiger partial charge in [-0.1, -0.05) is 24.3 Å². The average molecular weight is 379 g/mol. The van der Waals surface area contributed by atoms with Crippen molar-refractivity contribution in [2.45, 2.75) is 26.0 Å². The van der Waals surface area contributed by atoms with E-state index >= 15 is 0 Å². The van der Waals surface area contributed by atoms with Gasteiger partial charge in [0.15, 0.2) is 17.5 Å². The number of nitrogens with one attached hydrogen (secondary N) is 1. The van der Waals surface area contributed by atoms with Gasteiger partial charge in [-0.05, 0) is 31.2 Å². The average Bonchev–Trinajstić information content (AvgIpc) is 3.01. The third-order valence-corrected chi connectivity index (χ3v) is 4.44. The number of rotatable bonds is 5. The van der Waals surface area contributed by atoms with Crippen LogP contribution in [0.5, 0.6) is 0 Å². The highest BCUT2D eigenvalue weighted by molar-refractivity contribution is 5.77. The van der Waals surface area contributed by atoms with Crippen LogP contribution in [0.3, 0.4) is 0 Å². The van der Waals surface area contributed by atoms with Crippen molar-refractivity contribution < 1.29 is 13.9 Å². The zero-order valence-corrected chi connectivity index (χ0v) is 15.0. The molecule has 2 heterocycles. The molecule has 4 aromatic rings. The maximum Gasteiger partial charge on any atom is 0.419 e. The predicted octanol–water partition coefficient (Wildman–Crippen LogP) is 2.53. The molecule has 142 valence electrons. The first-order chi connectivity index (χ1) is 13.5. The Hall–Kier alpha value is -3.68. The van der Waals surface area contributed by atoms with E-state index in [0.29, 0.717) is 22.0 Å². The van der Waals surface area contributed by atoms with Crippen molar-refractivity contribution in [2.75, 3.05) is 0 Å². The maximum absolute atomic E-state index is 12.2. The zero-order valence-electron chi connectivity index (χ0n) is 15.0. The molecule has 0 unspecified atom stereocenters. The molecule has 0 aliphatic rings. The number of benzene rings is 2. The number of H-pyrrole nitrogens is 1. The molecule has 0 fully saturated rings. The molecule has 0 saturated heterocycles. The van der Waals surface area contributed by atoms with Gasteiger partial charge in [0.2, 0.25) is 0 Å². The largest absolute Gasteiger partial charge is 0.454 e. The highest BCUT2D eigenvalue weighted by Gasteiger charge is 2.17. The number of oxazole rings is 1. The van der Waals surface area contributed by atoms with E-state index in [1.807, 2.05) is 0 Å². The molecule has 0 bridgehead atoms. The van der Waals surface area contributed by atoms with Crippen LogP contribution in [0.25, 0.3) is 22.0 Å². The van der Waals surface area contributed by atoms with Gasteiger partial charge in [-0.3, -0.25) is 14.2 Å². The number of ether oxygens (including phenoxy) is 1. The van der Waals surface area contributed by atoms with Crippen LogP contribution in [0, 0.1) is 0 Å². The molecule has 28 heavy (non-hydrogen) atoms. The first-order valence-electron chi connectivity index (χ1n) is 8.80. The molecule has 2 aromatic heterocycles. The SMILES string of the molecule is C[C@@H](OC(=O)CCn1c(=O)oc2ccccc21)c1nc2ccccc2c(=O)[nH]1. The molecule has 0 aliphatic heterocycles. The lowest BCUT2D eigenvalue weighted by molar-refractivity contribution is -0.149. The number of aromatic amines is 1. The predicted molar refractivity (Wildman–Crippen MR) is 102 cm³/mol. The molecule has 0 aliphatic carbocycles. The van der Waals surface area contributed by atoms with Gasteiger partial charge in [-0.2, -0.15) is 0 Å². The van der Waals surface area contributed by atoms with E-state index in [2.05, 4.69) is 9.97 Å². The Morgan fingerprint density at radius 3 is 2.79 bits per heavy atom. The van der Waals surface area contributed by atoms with Crippen molar-refractivity contribution >= 4 is 28.0 Å². The van der Waals surface area contributed by atoms with E-state index in [1.165, 1.54) is 4.57 Å². The summed E-state index contributed by atoms with van der Waals surface area (Å²) < 4.78 is 11.9. The van der Waals surface area contributed by atoms with Crippen molar-refractivity contribution in [3.63, 3.8) is 0 Å². The van der Waals surface area contributed by atoms with Crippen LogP contribution in [0.4, 0.5) is 0 Å². The van der Waals surface area contributed by atoms with Gasteiger partial charge in [0.1, 0.15) is 0 Å². The minimum atomic E-state index is -0.734. The van der Waals surface area contributed by atoms with Crippen LogP contribution in [-0.4, -0.2) is 20.5 Å². The molecule has 0 spiro atoms. The molecule has 2 aromatic carbocycles. The molecule has 0 radical (unpaired) electrons. The standard InChI is InChI=1S/C20H17N3O5/c1-12(18-21-14-7-3-2-6-13(14)19(25)22-18)27-17(24)10-11-23-15-8-4-5-9-16(15)28-20(23)26/h2-9,12H,10-11H2,1H3,(H,21,22,25)/t12-/m1/s1. The lowest BCUT2D eigenvalue weighted by Crippen LogP contribution is -2.20. The minimum absolute atomic E-state index is 0.0222. The quantitative estimate of drug-likeness (QED) is 0.534. The number of aryl methyl sites for hydroxylation is 1. The number of aromatic nitrogens is 3. The van der Waals surface area contributed by atoms with Crippen LogP contribution in [0.2, 0.25) is 0 Å². The number of para-hydroxylation sites is 3. The topological polar surface area (TPSA) is 107 Å². The Morgan fingerprint density at radius 2 is 1.93 bits per heavy atom. The normalized spacial score (nSPS) is 12.3.